The molecule has 0 aliphatic carbocycles. The van der Waals surface area contributed by atoms with Crippen molar-refractivity contribution in [3.8, 4) is 11.3 Å². The molecule has 4 nitrogen and oxygen atoms in total. The second kappa shape index (κ2) is 12.9. The summed E-state index contributed by atoms with van der Waals surface area (Å²) in [5.74, 6) is 0.906. The zero-order chi connectivity index (χ0) is 28.9. The number of benzene rings is 1. The Balaban J connectivity index is 1.95. The van der Waals surface area contributed by atoms with E-state index in [0.29, 0.717) is 11.8 Å². The predicted octanol–water partition coefficient (Wildman–Crippen LogP) is 9.85. The fraction of sp³-hybridized carbons (Fsp3) is 0.543. The van der Waals surface area contributed by atoms with Crippen LogP contribution in [0.1, 0.15) is 110 Å². The van der Waals surface area contributed by atoms with Crippen molar-refractivity contribution in [2.45, 2.75) is 111 Å². The molecule has 0 saturated carbocycles. The normalized spacial score (nSPS) is 22.1. The van der Waals surface area contributed by atoms with Gasteiger partial charge in [-0.15, -0.1) is 0 Å². The molecule has 3 heterocycles. The molecule has 0 radical (unpaired) electrons. The van der Waals surface area contributed by atoms with E-state index in [1.165, 1.54) is 5.71 Å². The number of aryl methyl sites for hydroxylation is 1. The molecule has 4 rings (SSSR count). The summed E-state index contributed by atoms with van der Waals surface area (Å²) in [6, 6.07) is 6.31. The monoisotopic (exact) mass is 558 g/mol. The van der Waals surface area contributed by atoms with Gasteiger partial charge in [0.2, 0.25) is 0 Å². The standard InChI is InChI=1S/C35H47ClN4/c1-8-16-26-17-15-18-27(31(26)36)32-33(35(14-7)22-20-29(40-35)25(11-4)12-5)37-23-30(38-32)34(13-6)21-19-28(39-34)24(9-2)10-3/h15,17-25H,8-14,16H2,1-7H3. The van der Waals surface area contributed by atoms with Crippen LogP contribution in [-0.2, 0) is 17.5 Å². The van der Waals surface area contributed by atoms with Crippen molar-refractivity contribution in [2.75, 3.05) is 0 Å². The van der Waals surface area contributed by atoms with Gasteiger partial charge in [0.05, 0.1) is 28.3 Å². The van der Waals surface area contributed by atoms with Gasteiger partial charge in [-0.1, -0.05) is 84.7 Å². The van der Waals surface area contributed by atoms with Crippen LogP contribution in [0.4, 0.5) is 0 Å². The van der Waals surface area contributed by atoms with E-state index in [1.807, 2.05) is 6.20 Å². The van der Waals surface area contributed by atoms with Gasteiger partial charge in [0.1, 0.15) is 11.1 Å². The fourth-order valence-corrected chi connectivity index (χ4v) is 6.58. The lowest BCUT2D eigenvalue weighted by Crippen LogP contribution is -2.26. The minimum Gasteiger partial charge on any atom is -0.272 e. The molecule has 40 heavy (non-hydrogen) atoms. The van der Waals surface area contributed by atoms with Crippen molar-refractivity contribution >= 4 is 23.0 Å². The zero-order valence-electron chi connectivity index (χ0n) is 25.6. The minimum absolute atomic E-state index is 0.446. The van der Waals surface area contributed by atoms with Gasteiger partial charge in [-0.25, -0.2) is 4.98 Å². The van der Waals surface area contributed by atoms with Gasteiger partial charge in [0, 0.05) is 28.8 Å². The van der Waals surface area contributed by atoms with Gasteiger partial charge in [0.15, 0.2) is 0 Å². The van der Waals surface area contributed by atoms with Crippen LogP contribution in [0.25, 0.3) is 11.3 Å². The van der Waals surface area contributed by atoms with E-state index in [4.69, 9.17) is 31.6 Å². The molecule has 0 saturated heterocycles. The summed E-state index contributed by atoms with van der Waals surface area (Å²) in [6.07, 6.45) is 18.7. The molecule has 0 amide bonds. The van der Waals surface area contributed by atoms with Gasteiger partial charge < -0.3 is 0 Å². The van der Waals surface area contributed by atoms with Crippen molar-refractivity contribution in [2.24, 2.45) is 21.8 Å². The van der Waals surface area contributed by atoms with E-state index in [-0.39, 0.29) is 0 Å². The fourth-order valence-electron chi connectivity index (χ4n) is 6.27. The van der Waals surface area contributed by atoms with Gasteiger partial charge in [0.25, 0.3) is 0 Å². The van der Waals surface area contributed by atoms with E-state index in [9.17, 15) is 0 Å². The van der Waals surface area contributed by atoms with Gasteiger partial charge >= 0.3 is 0 Å². The minimum atomic E-state index is -0.558. The summed E-state index contributed by atoms with van der Waals surface area (Å²) in [4.78, 5) is 21.3. The Kier molecular flexibility index (Phi) is 9.82. The summed E-state index contributed by atoms with van der Waals surface area (Å²) in [6.45, 7) is 15.5. The topological polar surface area (TPSA) is 50.5 Å². The number of aromatic nitrogens is 2. The maximum Gasteiger partial charge on any atom is 0.123 e. The zero-order valence-corrected chi connectivity index (χ0v) is 26.4. The smallest absolute Gasteiger partial charge is 0.123 e. The van der Waals surface area contributed by atoms with Crippen LogP contribution in [-0.4, -0.2) is 21.4 Å². The number of aliphatic imine (C=N–C) groups is 2. The second-order valence-electron chi connectivity index (χ2n) is 11.3. The Morgan fingerprint density at radius 2 is 1.35 bits per heavy atom. The number of allylic oxidation sites excluding steroid dienone is 2. The Hall–Kier alpha value is -2.59. The molecule has 2 unspecified atom stereocenters. The Morgan fingerprint density at radius 3 is 1.90 bits per heavy atom. The predicted molar refractivity (Wildman–Crippen MR) is 172 cm³/mol. The molecular weight excluding hydrogens is 512 g/mol. The summed E-state index contributed by atoms with van der Waals surface area (Å²) < 4.78 is 0. The summed E-state index contributed by atoms with van der Waals surface area (Å²) >= 11 is 7.13. The lowest BCUT2D eigenvalue weighted by atomic mass is 9.88. The van der Waals surface area contributed by atoms with E-state index < -0.39 is 11.1 Å². The quantitative estimate of drug-likeness (QED) is 0.245. The van der Waals surface area contributed by atoms with Gasteiger partial charge in [-0.2, -0.15) is 0 Å². The maximum atomic E-state index is 7.13. The van der Waals surface area contributed by atoms with Crippen LogP contribution in [0, 0.1) is 11.8 Å². The van der Waals surface area contributed by atoms with Crippen LogP contribution < -0.4 is 0 Å². The SMILES string of the molecule is CCCc1cccc(-c2nc(C3(CC)C=CC(C(CC)CC)=N3)cnc2C2(CC)C=CC(C(CC)CC)=N2)c1Cl. The van der Waals surface area contributed by atoms with Crippen LogP contribution in [0.3, 0.4) is 0 Å². The lowest BCUT2D eigenvalue weighted by molar-refractivity contribution is 0.508. The summed E-state index contributed by atoms with van der Waals surface area (Å²) in [5.41, 5.74) is 5.93. The Bertz CT molecular complexity index is 1310. The van der Waals surface area contributed by atoms with Crippen molar-refractivity contribution in [1.29, 1.82) is 0 Å². The van der Waals surface area contributed by atoms with E-state index in [2.05, 4.69) is 91.0 Å². The molecule has 2 aliphatic rings. The average molecular weight is 559 g/mol. The molecule has 0 bridgehead atoms. The molecule has 2 aromatic rings. The number of hydrogen-bond donors (Lipinski definition) is 0. The average Bonchev–Trinajstić information content (AvgIpc) is 3.62. The largest absolute Gasteiger partial charge is 0.272 e. The first-order valence-corrected chi connectivity index (χ1v) is 16.0. The highest BCUT2D eigenvalue weighted by molar-refractivity contribution is 6.34. The molecule has 0 spiro atoms. The van der Waals surface area contributed by atoms with Gasteiger partial charge in [-0.05, 0) is 74.8 Å². The summed E-state index contributed by atoms with van der Waals surface area (Å²) in [5, 5.41) is 0.767. The molecule has 0 N–H and O–H groups in total. The van der Waals surface area contributed by atoms with Crippen LogP contribution in [0.2, 0.25) is 5.02 Å². The highest BCUT2D eigenvalue weighted by atomic mass is 35.5. The molecule has 2 aliphatic heterocycles. The van der Waals surface area contributed by atoms with E-state index in [0.717, 1.165) is 90.3 Å². The lowest BCUT2D eigenvalue weighted by Gasteiger charge is -2.28. The maximum absolute atomic E-state index is 7.13. The molecule has 0 fully saturated rings. The van der Waals surface area contributed by atoms with Crippen LogP contribution >= 0.6 is 11.6 Å². The first-order valence-electron chi connectivity index (χ1n) is 15.6. The molecule has 5 heteroatoms. The number of hydrogen-bond acceptors (Lipinski definition) is 4. The van der Waals surface area contributed by atoms with Gasteiger partial charge in [-0.3, -0.25) is 15.0 Å². The molecular formula is C35H47ClN4. The van der Waals surface area contributed by atoms with Crippen LogP contribution in [0.15, 0.2) is 58.7 Å². The highest BCUT2D eigenvalue weighted by Crippen LogP contribution is 2.44. The molecule has 1 aromatic heterocycles. The third kappa shape index (κ3) is 5.49. The van der Waals surface area contributed by atoms with E-state index in [1.54, 1.807) is 0 Å². The van der Waals surface area contributed by atoms with Crippen molar-refractivity contribution < 1.29 is 0 Å². The highest BCUT2D eigenvalue weighted by Gasteiger charge is 2.40. The molecule has 214 valence electrons. The first-order chi connectivity index (χ1) is 19.3. The Labute approximate surface area is 247 Å². The Morgan fingerprint density at radius 1 is 0.775 bits per heavy atom. The molecule has 2 atom stereocenters. The number of nitrogens with zero attached hydrogens (tertiary/aromatic N) is 4. The second-order valence-corrected chi connectivity index (χ2v) is 11.7. The number of halogens is 1. The van der Waals surface area contributed by atoms with Crippen LogP contribution in [0.5, 0.6) is 0 Å². The van der Waals surface area contributed by atoms with Crippen molar-refractivity contribution in [3.05, 3.63) is 70.7 Å². The molecule has 1 aromatic carbocycles. The third-order valence-electron chi connectivity index (χ3n) is 9.08. The summed E-state index contributed by atoms with van der Waals surface area (Å²) in [7, 11) is 0. The number of rotatable bonds is 13. The van der Waals surface area contributed by atoms with E-state index >= 15 is 0 Å². The van der Waals surface area contributed by atoms with Crippen molar-refractivity contribution in [3.63, 3.8) is 0 Å². The first kappa shape index (κ1) is 30.4. The third-order valence-corrected chi connectivity index (χ3v) is 9.53. The van der Waals surface area contributed by atoms with Crippen molar-refractivity contribution in [1.82, 2.24) is 9.97 Å².